The van der Waals surface area contributed by atoms with E-state index in [4.69, 9.17) is 0 Å². The van der Waals surface area contributed by atoms with Crippen molar-refractivity contribution in [1.29, 1.82) is 0 Å². The Kier molecular flexibility index (Phi) is 5.89. The second-order valence-corrected chi connectivity index (χ2v) is 6.68. The molecule has 0 saturated heterocycles. The highest BCUT2D eigenvalue weighted by Gasteiger charge is 2.29. The van der Waals surface area contributed by atoms with Crippen LogP contribution < -0.4 is 16.0 Å². The molecule has 0 aromatic heterocycles. The highest BCUT2D eigenvalue weighted by molar-refractivity contribution is 5.95. The molecule has 26 heavy (non-hydrogen) atoms. The van der Waals surface area contributed by atoms with Crippen molar-refractivity contribution in [2.45, 2.75) is 26.2 Å². The molecular formula is C21H25N3O2. The molecule has 0 unspecified atom stereocenters. The fourth-order valence-corrected chi connectivity index (χ4v) is 2.77. The number of benzene rings is 2. The number of anilines is 2. The molecule has 2 amide bonds. The van der Waals surface area contributed by atoms with Gasteiger partial charge in [0.25, 0.3) is 0 Å². The van der Waals surface area contributed by atoms with Crippen LogP contribution >= 0.6 is 0 Å². The second-order valence-electron chi connectivity index (χ2n) is 6.68. The summed E-state index contributed by atoms with van der Waals surface area (Å²) in [4.78, 5) is 24.0. The van der Waals surface area contributed by atoms with Gasteiger partial charge in [0.05, 0.1) is 6.54 Å². The van der Waals surface area contributed by atoms with Gasteiger partial charge in [0, 0.05) is 23.8 Å². The Bertz CT molecular complexity index is 770. The van der Waals surface area contributed by atoms with Crippen molar-refractivity contribution in [3.8, 4) is 0 Å². The molecule has 0 radical (unpaired) electrons. The topological polar surface area (TPSA) is 70.2 Å². The summed E-state index contributed by atoms with van der Waals surface area (Å²) in [6.45, 7) is 2.76. The normalized spacial score (nSPS) is 13.1. The minimum atomic E-state index is -0.0484. The first-order valence-corrected chi connectivity index (χ1v) is 9.08. The Morgan fingerprint density at radius 1 is 1.00 bits per heavy atom. The largest absolute Gasteiger partial charge is 0.376 e. The lowest BCUT2D eigenvalue weighted by Crippen LogP contribution is -2.31. The Hall–Kier alpha value is -2.82. The quantitative estimate of drug-likeness (QED) is 0.684. The fourth-order valence-electron chi connectivity index (χ4n) is 2.77. The summed E-state index contributed by atoms with van der Waals surface area (Å²) in [7, 11) is 0. The van der Waals surface area contributed by atoms with Crippen molar-refractivity contribution in [2.75, 3.05) is 23.7 Å². The maximum atomic E-state index is 12.0. The lowest BCUT2D eigenvalue weighted by Gasteiger charge is -2.14. The van der Waals surface area contributed by atoms with Crippen molar-refractivity contribution < 1.29 is 9.59 Å². The molecule has 2 aromatic rings. The maximum Gasteiger partial charge on any atom is 0.239 e. The summed E-state index contributed by atoms with van der Waals surface area (Å²) in [6, 6.07) is 15.8. The van der Waals surface area contributed by atoms with Crippen LogP contribution in [0.5, 0.6) is 0 Å². The third-order valence-corrected chi connectivity index (χ3v) is 4.56. The van der Waals surface area contributed by atoms with Crippen molar-refractivity contribution in [1.82, 2.24) is 5.32 Å². The Morgan fingerprint density at radius 2 is 1.73 bits per heavy atom. The van der Waals surface area contributed by atoms with E-state index >= 15 is 0 Å². The lowest BCUT2D eigenvalue weighted by atomic mass is 10.1. The first kappa shape index (κ1) is 18.0. The number of carbonyl (C=O) groups is 2. The van der Waals surface area contributed by atoms with Crippen LogP contribution in [-0.4, -0.2) is 24.9 Å². The molecule has 1 aliphatic carbocycles. The third kappa shape index (κ3) is 5.09. The van der Waals surface area contributed by atoms with Crippen LogP contribution in [0.1, 0.15) is 24.0 Å². The van der Waals surface area contributed by atoms with Gasteiger partial charge >= 0.3 is 0 Å². The van der Waals surface area contributed by atoms with Gasteiger partial charge in [-0.05, 0) is 49.4 Å². The summed E-state index contributed by atoms with van der Waals surface area (Å²) in [5.74, 6) is 0.207. The average molecular weight is 351 g/mol. The van der Waals surface area contributed by atoms with E-state index in [-0.39, 0.29) is 24.3 Å². The first-order valence-electron chi connectivity index (χ1n) is 9.08. The van der Waals surface area contributed by atoms with E-state index in [0.717, 1.165) is 36.2 Å². The van der Waals surface area contributed by atoms with Gasteiger partial charge in [0.1, 0.15) is 0 Å². The monoisotopic (exact) mass is 351 g/mol. The lowest BCUT2D eigenvalue weighted by molar-refractivity contribution is -0.119. The zero-order chi connectivity index (χ0) is 18.4. The standard InChI is InChI=1S/C21H25N3O2/c1-15-18(8-5-9-19(15)24-21(26)17-10-11-17)23-14-20(25)22-13-12-16-6-3-2-4-7-16/h2-9,17,23H,10-14H2,1H3,(H,22,25)(H,24,26). The van der Waals surface area contributed by atoms with Gasteiger partial charge in [0.2, 0.25) is 11.8 Å². The van der Waals surface area contributed by atoms with E-state index in [2.05, 4.69) is 28.1 Å². The zero-order valence-corrected chi connectivity index (χ0v) is 15.0. The summed E-state index contributed by atoms with van der Waals surface area (Å²) >= 11 is 0. The van der Waals surface area contributed by atoms with E-state index in [9.17, 15) is 9.59 Å². The van der Waals surface area contributed by atoms with E-state index in [1.165, 1.54) is 5.56 Å². The zero-order valence-electron chi connectivity index (χ0n) is 15.0. The second kappa shape index (κ2) is 8.52. The van der Waals surface area contributed by atoms with E-state index in [0.29, 0.717) is 6.54 Å². The number of hydrogen-bond donors (Lipinski definition) is 3. The molecule has 0 atom stereocenters. The highest BCUT2D eigenvalue weighted by Crippen LogP contribution is 2.31. The number of rotatable bonds is 8. The highest BCUT2D eigenvalue weighted by atomic mass is 16.2. The smallest absolute Gasteiger partial charge is 0.239 e. The van der Waals surface area contributed by atoms with Crippen LogP contribution in [-0.2, 0) is 16.0 Å². The van der Waals surface area contributed by atoms with Crippen LogP contribution in [0.25, 0.3) is 0 Å². The van der Waals surface area contributed by atoms with E-state index < -0.39 is 0 Å². The Balaban J connectivity index is 1.46. The number of nitrogens with one attached hydrogen (secondary N) is 3. The molecule has 1 saturated carbocycles. The number of carbonyl (C=O) groups excluding carboxylic acids is 2. The van der Waals surface area contributed by atoms with E-state index in [1.54, 1.807) is 0 Å². The molecule has 3 rings (SSSR count). The van der Waals surface area contributed by atoms with Gasteiger partial charge in [-0.3, -0.25) is 9.59 Å². The molecule has 3 N–H and O–H groups in total. The molecule has 0 heterocycles. The molecule has 5 heteroatoms. The predicted molar refractivity (Wildman–Crippen MR) is 104 cm³/mol. The summed E-state index contributed by atoms with van der Waals surface area (Å²) in [5, 5.41) is 9.05. The third-order valence-electron chi connectivity index (χ3n) is 4.56. The minimum Gasteiger partial charge on any atom is -0.376 e. The van der Waals surface area contributed by atoms with Gasteiger partial charge in [0.15, 0.2) is 0 Å². The molecular weight excluding hydrogens is 326 g/mol. The number of amides is 2. The molecule has 0 aliphatic heterocycles. The summed E-state index contributed by atoms with van der Waals surface area (Å²) < 4.78 is 0. The van der Waals surface area contributed by atoms with Crippen molar-refractivity contribution in [3.63, 3.8) is 0 Å². The first-order chi connectivity index (χ1) is 12.6. The summed E-state index contributed by atoms with van der Waals surface area (Å²) in [6.07, 6.45) is 2.77. The van der Waals surface area contributed by atoms with Gasteiger partial charge < -0.3 is 16.0 Å². The fraction of sp³-hybridized carbons (Fsp3) is 0.333. The van der Waals surface area contributed by atoms with Crippen LogP contribution in [0, 0.1) is 12.8 Å². The molecule has 2 aromatic carbocycles. The SMILES string of the molecule is Cc1c(NCC(=O)NCCc2ccccc2)cccc1NC(=O)C1CC1. The maximum absolute atomic E-state index is 12.0. The van der Waals surface area contributed by atoms with Gasteiger partial charge in [-0.25, -0.2) is 0 Å². The Morgan fingerprint density at radius 3 is 2.46 bits per heavy atom. The molecule has 0 bridgehead atoms. The molecule has 1 aliphatic rings. The number of hydrogen-bond acceptors (Lipinski definition) is 3. The van der Waals surface area contributed by atoms with Crippen LogP contribution in [0.4, 0.5) is 11.4 Å². The van der Waals surface area contributed by atoms with Gasteiger partial charge in [-0.2, -0.15) is 0 Å². The minimum absolute atomic E-state index is 0.0484. The van der Waals surface area contributed by atoms with Crippen LogP contribution in [0.15, 0.2) is 48.5 Å². The van der Waals surface area contributed by atoms with Gasteiger partial charge in [-0.15, -0.1) is 0 Å². The Labute approximate surface area is 154 Å². The molecule has 136 valence electrons. The molecule has 1 fully saturated rings. The average Bonchev–Trinajstić information content (AvgIpc) is 3.48. The van der Waals surface area contributed by atoms with Crippen LogP contribution in [0.3, 0.4) is 0 Å². The molecule has 5 nitrogen and oxygen atoms in total. The molecule has 0 spiro atoms. The van der Waals surface area contributed by atoms with Crippen molar-refractivity contribution >= 4 is 23.2 Å². The van der Waals surface area contributed by atoms with Gasteiger partial charge in [-0.1, -0.05) is 36.4 Å². The predicted octanol–water partition coefficient (Wildman–Crippen LogP) is 3.11. The van der Waals surface area contributed by atoms with E-state index in [1.807, 2.05) is 43.3 Å². The van der Waals surface area contributed by atoms with Crippen LogP contribution in [0.2, 0.25) is 0 Å². The summed E-state index contributed by atoms with van der Waals surface area (Å²) in [5.41, 5.74) is 3.81. The van der Waals surface area contributed by atoms with Crippen molar-refractivity contribution in [2.24, 2.45) is 5.92 Å². The van der Waals surface area contributed by atoms with Crippen molar-refractivity contribution in [3.05, 3.63) is 59.7 Å².